The third kappa shape index (κ3) is 3.97. The summed E-state index contributed by atoms with van der Waals surface area (Å²) in [4.78, 5) is 13.4. The second-order valence-corrected chi connectivity index (χ2v) is 8.75. The Bertz CT molecular complexity index is 1270. The van der Waals surface area contributed by atoms with E-state index in [1.807, 2.05) is 89.5 Å². The van der Waals surface area contributed by atoms with Crippen LogP contribution in [0.5, 0.6) is 5.75 Å². The van der Waals surface area contributed by atoms with Crippen LogP contribution >= 0.6 is 23.6 Å². The number of nitrogens with zero attached hydrogens (tertiary/aromatic N) is 1. The van der Waals surface area contributed by atoms with E-state index in [-0.39, 0.29) is 12.1 Å². The number of carbonyl (C=O) groups is 1. The van der Waals surface area contributed by atoms with Crippen molar-refractivity contribution in [3.63, 3.8) is 0 Å². The number of hydrogen-bond acceptors (Lipinski definition) is 5. The van der Waals surface area contributed by atoms with E-state index in [4.69, 9.17) is 17.0 Å². The number of nitrogens with one attached hydrogen (secondary N) is 2. The smallest absolute Gasteiger partial charge is 0.267 e. The summed E-state index contributed by atoms with van der Waals surface area (Å²) < 4.78 is 8.41. The zero-order valence-electron chi connectivity index (χ0n) is 16.4. The topological polar surface area (TPSA) is 55.3 Å². The Balaban J connectivity index is 1.37. The summed E-state index contributed by atoms with van der Waals surface area (Å²) in [5, 5.41) is 6.46. The van der Waals surface area contributed by atoms with Crippen molar-refractivity contribution in [1.29, 1.82) is 0 Å². The van der Waals surface area contributed by atoms with Gasteiger partial charge in [0.05, 0.1) is 0 Å². The van der Waals surface area contributed by atoms with Gasteiger partial charge in [-0.05, 0) is 47.6 Å². The number of anilines is 1. The fourth-order valence-corrected chi connectivity index (χ4v) is 4.81. The van der Waals surface area contributed by atoms with Crippen molar-refractivity contribution in [2.75, 3.05) is 5.32 Å². The average Bonchev–Trinajstić information content (AvgIpc) is 3.16. The van der Waals surface area contributed by atoms with Crippen molar-refractivity contribution in [3.05, 3.63) is 105 Å². The maximum Gasteiger partial charge on any atom is 0.267 e. The fourth-order valence-electron chi connectivity index (χ4n) is 3.50. The molecule has 2 N–H and O–H groups in total. The molecule has 7 heteroatoms. The van der Waals surface area contributed by atoms with E-state index in [1.165, 1.54) is 11.3 Å². The van der Waals surface area contributed by atoms with Gasteiger partial charge in [0, 0.05) is 5.69 Å². The number of ether oxygens (including phenoxy) is 1. The van der Waals surface area contributed by atoms with Gasteiger partial charge >= 0.3 is 0 Å². The van der Waals surface area contributed by atoms with Gasteiger partial charge in [-0.15, -0.1) is 0 Å². The van der Waals surface area contributed by atoms with Crippen molar-refractivity contribution >= 4 is 35.3 Å². The predicted molar refractivity (Wildman–Crippen MR) is 126 cm³/mol. The highest BCUT2D eigenvalue weighted by molar-refractivity contribution is 7.73. The summed E-state index contributed by atoms with van der Waals surface area (Å²) in [7, 11) is 0. The van der Waals surface area contributed by atoms with Crippen molar-refractivity contribution in [2.45, 2.75) is 12.8 Å². The Morgan fingerprint density at radius 1 is 0.903 bits per heavy atom. The molecule has 1 atom stereocenters. The van der Waals surface area contributed by atoms with Gasteiger partial charge in [-0.1, -0.05) is 72.0 Å². The Labute approximate surface area is 188 Å². The molecule has 0 radical (unpaired) electrons. The van der Waals surface area contributed by atoms with Crippen molar-refractivity contribution in [2.24, 2.45) is 0 Å². The molecule has 4 aromatic rings. The standard InChI is InChI=1S/C24H19N3O2S2/c28-23-20-22(27(24(30)31-20)18-9-5-2-6-10-18)25-21(26-23)17-11-13-19(14-12-17)29-15-16-7-3-1-4-8-16/h1-14,21,25H,15H2,(H,26,28)/t21-/m0/s1. The molecule has 1 aromatic heterocycles. The third-order valence-electron chi connectivity index (χ3n) is 5.05. The number of aromatic nitrogens is 1. The first-order valence-electron chi connectivity index (χ1n) is 9.84. The molecule has 1 aliphatic heterocycles. The maximum atomic E-state index is 12.8. The van der Waals surface area contributed by atoms with Crippen LogP contribution in [0.15, 0.2) is 84.9 Å². The van der Waals surface area contributed by atoms with Gasteiger partial charge in [0.25, 0.3) is 5.91 Å². The van der Waals surface area contributed by atoms with E-state index in [0.29, 0.717) is 15.4 Å². The molecule has 31 heavy (non-hydrogen) atoms. The Kier molecular flexibility index (Phi) is 5.28. The second kappa shape index (κ2) is 8.37. The van der Waals surface area contributed by atoms with E-state index in [0.717, 1.165) is 28.4 Å². The summed E-state index contributed by atoms with van der Waals surface area (Å²) in [5.41, 5.74) is 2.97. The van der Waals surface area contributed by atoms with Crippen LogP contribution in [0, 0.1) is 3.95 Å². The fraction of sp³-hybridized carbons (Fsp3) is 0.0833. The van der Waals surface area contributed by atoms with Crippen LogP contribution < -0.4 is 15.4 Å². The highest BCUT2D eigenvalue weighted by Crippen LogP contribution is 2.34. The molecule has 5 rings (SSSR count). The molecular formula is C24H19N3O2S2. The Morgan fingerprint density at radius 2 is 1.58 bits per heavy atom. The molecule has 0 aliphatic carbocycles. The second-order valence-electron chi connectivity index (χ2n) is 7.11. The number of benzene rings is 3. The van der Waals surface area contributed by atoms with E-state index in [9.17, 15) is 4.79 Å². The van der Waals surface area contributed by atoms with Crippen molar-refractivity contribution in [1.82, 2.24) is 9.88 Å². The maximum absolute atomic E-state index is 12.8. The van der Waals surface area contributed by atoms with E-state index >= 15 is 0 Å². The highest BCUT2D eigenvalue weighted by Gasteiger charge is 2.29. The number of fused-ring (bicyclic) bond motifs is 1. The van der Waals surface area contributed by atoms with Gasteiger partial charge in [-0.25, -0.2) is 0 Å². The van der Waals surface area contributed by atoms with Gasteiger partial charge < -0.3 is 15.4 Å². The van der Waals surface area contributed by atoms with Crippen LogP contribution in [0.1, 0.15) is 27.0 Å². The Morgan fingerprint density at radius 3 is 2.29 bits per heavy atom. The lowest BCUT2D eigenvalue weighted by Gasteiger charge is -2.27. The zero-order valence-corrected chi connectivity index (χ0v) is 18.1. The van der Waals surface area contributed by atoms with E-state index in [1.54, 1.807) is 0 Å². The average molecular weight is 446 g/mol. The number of rotatable bonds is 5. The van der Waals surface area contributed by atoms with Gasteiger partial charge in [0.15, 0.2) is 3.95 Å². The molecule has 3 aromatic carbocycles. The quantitative estimate of drug-likeness (QED) is 0.387. The molecule has 0 saturated carbocycles. The van der Waals surface area contributed by atoms with Crippen molar-refractivity contribution < 1.29 is 9.53 Å². The molecule has 5 nitrogen and oxygen atoms in total. The third-order valence-corrected chi connectivity index (χ3v) is 6.42. The summed E-state index contributed by atoms with van der Waals surface area (Å²) in [6, 6.07) is 27.6. The minimum Gasteiger partial charge on any atom is -0.489 e. The monoisotopic (exact) mass is 445 g/mol. The number of para-hydroxylation sites is 1. The molecular weight excluding hydrogens is 426 g/mol. The molecule has 0 bridgehead atoms. The molecule has 0 spiro atoms. The first-order chi connectivity index (χ1) is 15.2. The van der Waals surface area contributed by atoms with E-state index in [2.05, 4.69) is 10.6 Å². The first-order valence-corrected chi connectivity index (χ1v) is 11.1. The van der Waals surface area contributed by atoms with Crippen LogP contribution in [0.4, 0.5) is 5.82 Å². The molecule has 0 saturated heterocycles. The van der Waals surface area contributed by atoms with Crippen LogP contribution in [0.2, 0.25) is 0 Å². The molecule has 2 heterocycles. The van der Waals surface area contributed by atoms with E-state index < -0.39 is 0 Å². The number of carbonyl (C=O) groups excluding carboxylic acids is 1. The molecule has 0 fully saturated rings. The van der Waals surface area contributed by atoms with Crippen LogP contribution in [-0.4, -0.2) is 10.5 Å². The predicted octanol–water partition coefficient (Wildman–Crippen LogP) is 5.70. The van der Waals surface area contributed by atoms with Crippen LogP contribution in [0.3, 0.4) is 0 Å². The molecule has 1 amide bonds. The van der Waals surface area contributed by atoms with Gasteiger partial charge in [0.1, 0.15) is 29.2 Å². The van der Waals surface area contributed by atoms with Gasteiger partial charge in [-0.3, -0.25) is 9.36 Å². The lowest BCUT2D eigenvalue weighted by molar-refractivity contribution is 0.0939. The number of hydrogen-bond donors (Lipinski definition) is 2. The lowest BCUT2D eigenvalue weighted by Crippen LogP contribution is -2.38. The largest absolute Gasteiger partial charge is 0.489 e. The highest BCUT2D eigenvalue weighted by atomic mass is 32.1. The minimum atomic E-state index is -0.359. The number of amides is 1. The summed E-state index contributed by atoms with van der Waals surface area (Å²) in [5.74, 6) is 1.37. The SMILES string of the molecule is O=C1N[C@@H](c2ccc(OCc3ccccc3)cc2)Nc2c1sc(=S)n2-c1ccccc1. The Hall–Kier alpha value is -3.42. The summed E-state index contributed by atoms with van der Waals surface area (Å²) in [6.45, 7) is 0.509. The minimum absolute atomic E-state index is 0.131. The normalized spacial score (nSPS) is 15.0. The summed E-state index contributed by atoms with van der Waals surface area (Å²) >= 11 is 6.85. The molecule has 0 unspecified atom stereocenters. The number of thiazole rings is 1. The molecule has 154 valence electrons. The van der Waals surface area contributed by atoms with Gasteiger partial charge in [-0.2, -0.15) is 0 Å². The summed E-state index contributed by atoms with van der Waals surface area (Å²) in [6.07, 6.45) is -0.359. The van der Waals surface area contributed by atoms with Crippen LogP contribution in [0.25, 0.3) is 5.69 Å². The van der Waals surface area contributed by atoms with Crippen LogP contribution in [-0.2, 0) is 6.61 Å². The first kappa shape index (κ1) is 19.5. The van der Waals surface area contributed by atoms with Crippen molar-refractivity contribution in [3.8, 4) is 11.4 Å². The van der Waals surface area contributed by atoms with Gasteiger partial charge in [0.2, 0.25) is 0 Å². The lowest BCUT2D eigenvalue weighted by atomic mass is 10.1. The molecule has 1 aliphatic rings. The zero-order chi connectivity index (χ0) is 21.2.